The Labute approximate surface area is 116 Å². The number of nitriles is 2. The van der Waals surface area contributed by atoms with Crippen LogP contribution >= 0.6 is 11.6 Å². The molecule has 2 aromatic rings. The van der Waals surface area contributed by atoms with Gasteiger partial charge in [0.15, 0.2) is 0 Å². The second-order valence-corrected chi connectivity index (χ2v) is 4.24. The van der Waals surface area contributed by atoms with Gasteiger partial charge in [-0.05, 0) is 12.1 Å². The normalized spacial score (nSPS) is 9.84. The zero-order valence-electron chi connectivity index (χ0n) is 10.2. The number of halogens is 1. The molecule has 4 nitrogen and oxygen atoms in total. The first-order chi connectivity index (χ1) is 9.30. The van der Waals surface area contributed by atoms with Gasteiger partial charge in [-0.1, -0.05) is 18.2 Å². The highest BCUT2D eigenvalue weighted by atomic mass is 35.5. The van der Waals surface area contributed by atoms with E-state index in [-0.39, 0.29) is 13.1 Å². The minimum absolute atomic E-state index is 0.114. The number of anilines is 1. The topological polar surface area (TPSA) is 63.7 Å². The minimum atomic E-state index is 0.114. The van der Waals surface area contributed by atoms with E-state index in [4.69, 9.17) is 22.1 Å². The molecule has 0 radical (unpaired) electrons. The lowest BCUT2D eigenvalue weighted by atomic mass is 10.1. The van der Waals surface area contributed by atoms with Crippen LogP contribution in [0.1, 0.15) is 5.56 Å². The van der Waals surface area contributed by atoms with Crippen molar-refractivity contribution in [2.24, 2.45) is 0 Å². The number of nitrogens with zero attached hydrogens (tertiary/aromatic N) is 4. The molecular weight excluding hydrogens is 260 g/mol. The van der Waals surface area contributed by atoms with Crippen molar-refractivity contribution in [2.75, 3.05) is 18.0 Å². The first kappa shape index (κ1) is 13.1. The fourth-order valence-electron chi connectivity index (χ4n) is 1.90. The van der Waals surface area contributed by atoms with Crippen LogP contribution in [0.15, 0.2) is 30.3 Å². The monoisotopic (exact) mass is 270 g/mol. The highest BCUT2D eigenvalue weighted by molar-refractivity contribution is 6.17. The number of rotatable bonds is 4. The molecule has 0 amide bonds. The van der Waals surface area contributed by atoms with E-state index in [0.717, 1.165) is 16.5 Å². The molecule has 19 heavy (non-hydrogen) atoms. The van der Waals surface area contributed by atoms with Gasteiger partial charge in [0.25, 0.3) is 0 Å². The largest absolute Gasteiger partial charge is 0.330 e. The van der Waals surface area contributed by atoms with Crippen molar-refractivity contribution in [1.29, 1.82) is 10.5 Å². The quantitative estimate of drug-likeness (QED) is 0.633. The molecule has 0 unspecified atom stereocenters. The molecule has 0 aliphatic carbocycles. The van der Waals surface area contributed by atoms with Gasteiger partial charge >= 0.3 is 0 Å². The Morgan fingerprint density at radius 3 is 2.47 bits per heavy atom. The summed E-state index contributed by atoms with van der Waals surface area (Å²) in [5, 5.41) is 18.7. The van der Waals surface area contributed by atoms with Crippen LogP contribution in [0.4, 0.5) is 5.82 Å². The number of alkyl halides is 1. The van der Waals surface area contributed by atoms with Gasteiger partial charge in [-0.2, -0.15) is 10.5 Å². The summed E-state index contributed by atoms with van der Waals surface area (Å²) in [6.07, 6.45) is 0. The molecule has 0 spiro atoms. The molecule has 2 rings (SSSR count). The van der Waals surface area contributed by atoms with Crippen molar-refractivity contribution in [3.05, 3.63) is 35.9 Å². The van der Waals surface area contributed by atoms with Crippen LogP contribution < -0.4 is 4.90 Å². The molecular formula is C14H11ClN4. The van der Waals surface area contributed by atoms with Gasteiger partial charge in [0.1, 0.15) is 18.9 Å². The number of aromatic nitrogens is 1. The summed E-state index contributed by atoms with van der Waals surface area (Å²) in [6.45, 7) is 0.228. The van der Waals surface area contributed by atoms with E-state index in [1.54, 1.807) is 4.90 Å². The van der Waals surface area contributed by atoms with E-state index in [1.165, 1.54) is 0 Å². The van der Waals surface area contributed by atoms with Crippen LogP contribution in [0.25, 0.3) is 10.9 Å². The average molecular weight is 271 g/mol. The van der Waals surface area contributed by atoms with E-state index in [0.29, 0.717) is 11.7 Å². The van der Waals surface area contributed by atoms with E-state index < -0.39 is 0 Å². The van der Waals surface area contributed by atoms with Crippen molar-refractivity contribution in [2.45, 2.75) is 5.88 Å². The molecule has 0 bridgehead atoms. The van der Waals surface area contributed by atoms with Gasteiger partial charge in [0.2, 0.25) is 0 Å². The number of benzene rings is 1. The fraction of sp³-hybridized carbons (Fsp3) is 0.214. The highest BCUT2D eigenvalue weighted by Crippen LogP contribution is 2.24. The summed E-state index contributed by atoms with van der Waals surface area (Å²) in [6, 6.07) is 13.7. The maximum atomic E-state index is 8.84. The maximum absolute atomic E-state index is 8.84. The van der Waals surface area contributed by atoms with E-state index in [2.05, 4.69) is 4.98 Å². The number of fused-ring (bicyclic) bond motifs is 1. The summed E-state index contributed by atoms with van der Waals surface area (Å²) in [5.74, 6) is 0.900. The Bertz CT molecular complexity index is 653. The van der Waals surface area contributed by atoms with Crippen molar-refractivity contribution < 1.29 is 0 Å². The average Bonchev–Trinajstić information content (AvgIpc) is 2.45. The molecule has 0 atom stereocenters. The van der Waals surface area contributed by atoms with Crippen LogP contribution in [0, 0.1) is 22.7 Å². The van der Waals surface area contributed by atoms with Crippen molar-refractivity contribution in [1.82, 2.24) is 4.98 Å². The molecule has 94 valence electrons. The highest BCUT2D eigenvalue weighted by Gasteiger charge is 2.13. The van der Waals surface area contributed by atoms with Crippen LogP contribution in [0.5, 0.6) is 0 Å². The molecule has 0 aliphatic rings. The Balaban J connectivity index is 2.57. The zero-order chi connectivity index (χ0) is 13.7. The lowest BCUT2D eigenvalue weighted by Gasteiger charge is -2.20. The van der Waals surface area contributed by atoms with Gasteiger partial charge in [-0.25, -0.2) is 4.98 Å². The summed E-state index contributed by atoms with van der Waals surface area (Å²) in [5.41, 5.74) is 1.65. The van der Waals surface area contributed by atoms with Crippen LogP contribution in [-0.4, -0.2) is 18.1 Å². The molecule has 0 aliphatic heterocycles. The Morgan fingerprint density at radius 2 is 1.84 bits per heavy atom. The van der Waals surface area contributed by atoms with Crippen molar-refractivity contribution in [3.8, 4) is 12.1 Å². The van der Waals surface area contributed by atoms with Gasteiger partial charge in [0, 0.05) is 10.9 Å². The first-order valence-corrected chi connectivity index (χ1v) is 6.27. The molecule has 1 aromatic heterocycles. The second-order valence-electron chi connectivity index (χ2n) is 3.97. The number of para-hydroxylation sites is 1. The minimum Gasteiger partial charge on any atom is -0.330 e. The van der Waals surface area contributed by atoms with Crippen LogP contribution in [0.2, 0.25) is 0 Å². The summed E-state index contributed by atoms with van der Waals surface area (Å²) < 4.78 is 0. The summed E-state index contributed by atoms with van der Waals surface area (Å²) in [7, 11) is 0. The van der Waals surface area contributed by atoms with Crippen LogP contribution in [0.3, 0.4) is 0 Å². The third-order valence-corrected chi connectivity index (χ3v) is 3.03. The van der Waals surface area contributed by atoms with Gasteiger partial charge in [0.05, 0.1) is 23.5 Å². The lowest BCUT2D eigenvalue weighted by molar-refractivity contribution is 0.931. The molecule has 1 aromatic carbocycles. The number of hydrogen-bond donors (Lipinski definition) is 0. The third kappa shape index (κ3) is 2.76. The third-order valence-electron chi connectivity index (χ3n) is 2.75. The van der Waals surface area contributed by atoms with Crippen LogP contribution in [-0.2, 0) is 5.88 Å². The van der Waals surface area contributed by atoms with Crippen molar-refractivity contribution in [3.63, 3.8) is 0 Å². The maximum Gasteiger partial charge on any atom is 0.135 e. The number of pyridine rings is 1. The Morgan fingerprint density at radius 1 is 1.16 bits per heavy atom. The second kappa shape index (κ2) is 6.04. The van der Waals surface area contributed by atoms with E-state index in [1.807, 2.05) is 42.5 Å². The molecule has 0 saturated heterocycles. The summed E-state index contributed by atoms with van der Waals surface area (Å²) in [4.78, 5) is 6.15. The molecule has 5 heteroatoms. The van der Waals surface area contributed by atoms with E-state index in [9.17, 15) is 0 Å². The van der Waals surface area contributed by atoms with E-state index >= 15 is 0 Å². The van der Waals surface area contributed by atoms with Gasteiger partial charge in [-0.15, -0.1) is 11.6 Å². The van der Waals surface area contributed by atoms with Gasteiger partial charge < -0.3 is 4.90 Å². The Hall–Kier alpha value is -2.30. The van der Waals surface area contributed by atoms with Gasteiger partial charge in [-0.3, -0.25) is 0 Å². The number of hydrogen-bond acceptors (Lipinski definition) is 4. The fourth-order valence-corrected chi connectivity index (χ4v) is 2.09. The molecule has 0 N–H and O–H groups in total. The Kier molecular flexibility index (Phi) is 4.18. The lowest BCUT2D eigenvalue weighted by Crippen LogP contribution is -2.26. The predicted octanol–water partition coefficient (Wildman–Crippen LogP) is 2.83. The summed E-state index contributed by atoms with van der Waals surface area (Å²) >= 11 is 5.94. The predicted molar refractivity (Wildman–Crippen MR) is 74.7 cm³/mol. The molecule has 0 fully saturated rings. The first-order valence-electron chi connectivity index (χ1n) is 5.73. The SMILES string of the molecule is N#CCN(CC#N)c1nc2ccccc2cc1CCl. The molecule has 1 heterocycles. The smallest absolute Gasteiger partial charge is 0.135 e. The molecule has 0 saturated carbocycles. The standard InChI is InChI=1S/C14H11ClN4/c15-10-12-9-11-3-1-2-4-13(11)18-14(12)19(7-5-16)8-6-17/h1-4,9H,7-8,10H2. The zero-order valence-corrected chi connectivity index (χ0v) is 10.9. The van der Waals surface area contributed by atoms with Crippen molar-refractivity contribution >= 4 is 28.3 Å².